The molecule has 0 fully saturated rings. The van der Waals surface area contributed by atoms with E-state index in [0.29, 0.717) is 22.3 Å². The van der Waals surface area contributed by atoms with E-state index in [-0.39, 0.29) is 22.9 Å². The van der Waals surface area contributed by atoms with E-state index in [1.165, 1.54) is 6.33 Å². The second-order valence-corrected chi connectivity index (χ2v) is 5.63. The Balaban J connectivity index is 1.93. The average Bonchev–Trinajstić information content (AvgIpc) is 3.13. The number of carbonyl (C=O) groups excluding carboxylic acids is 1. The van der Waals surface area contributed by atoms with Crippen LogP contribution in [0.15, 0.2) is 73.2 Å². The van der Waals surface area contributed by atoms with Gasteiger partial charge >= 0.3 is 0 Å². The molecule has 2 heterocycles. The van der Waals surface area contributed by atoms with Crippen LogP contribution in [0.25, 0.3) is 22.5 Å². The molecule has 0 bridgehead atoms. The fraction of sp³-hybridized carbons (Fsp3) is 0. The molecule has 0 radical (unpaired) electrons. The summed E-state index contributed by atoms with van der Waals surface area (Å²) in [6, 6.07) is 17.7. The average molecular weight is 342 g/mol. The van der Waals surface area contributed by atoms with E-state index in [1.54, 1.807) is 54.7 Å². The van der Waals surface area contributed by atoms with Gasteiger partial charge in [-0.3, -0.25) is 4.79 Å². The number of nitrogens with one attached hydrogen (secondary N) is 1. The van der Waals surface area contributed by atoms with Crippen LogP contribution in [-0.4, -0.2) is 30.8 Å². The summed E-state index contributed by atoms with van der Waals surface area (Å²) in [7, 11) is 0. The Bertz CT molecular complexity index is 1070. The predicted molar refractivity (Wildman–Crippen MR) is 98.3 cm³/mol. The number of H-pyrrole nitrogens is 1. The zero-order valence-corrected chi connectivity index (χ0v) is 13.6. The first-order valence-corrected chi connectivity index (χ1v) is 7.98. The Morgan fingerprint density at radius 2 is 1.58 bits per heavy atom. The normalized spacial score (nSPS) is 12.0. The number of allylic oxidation sites excluding steroid dienone is 1. The zero-order valence-electron chi connectivity index (χ0n) is 13.6. The molecule has 26 heavy (non-hydrogen) atoms. The van der Waals surface area contributed by atoms with Crippen molar-refractivity contribution in [2.24, 2.45) is 0 Å². The molecule has 0 saturated heterocycles. The largest absolute Gasteiger partial charge is 0.506 e. The summed E-state index contributed by atoms with van der Waals surface area (Å²) < 4.78 is 0. The van der Waals surface area contributed by atoms with Gasteiger partial charge in [-0.1, -0.05) is 60.7 Å². The molecule has 2 aromatic heterocycles. The van der Waals surface area contributed by atoms with Crippen LogP contribution >= 0.6 is 0 Å². The third-order valence-electron chi connectivity index (χ3n) is 3.95. The highest BCUT2D eigenvalue weighted by molar-refractivity contribution is 6.33. The molecule has 0 atom stereocenters. The molecule has 6 heteroatoms. The number of imidazole rings is 1. The number of hydrogen-bond acceptors (Lipinski definition) is 5. The van der Waals surface area contributed by atoms with Gasteiger partial charge < -0.3 is 10.1 Å². The lowest BCUT2D eigenvalue weighted by Crippen LogP contribution is -2.07. The van der Waals surface area contributed by atoms with Gasteiger partial charge in [-0.25, -0.2) is 15.0 Å². The van der Waals surface area contributed by atoms with Crippen LogP contribution in [0, 0.1) is 0 Å². The zero-order chi connectivity index (χ0) is 17.9. The molecule has 6 nitrogen and oxygen atoms in total. The lowest BCUT2D eigenvalue weighted by atomic mass is 9.99. The van der Waals surface area contributed by atoms with Gasteiger partial charge in [0.1, 0.15) is 29.0 Å². The van der Waals surface area contributed by atoms with Crippen molar-refractivity contribution in [2.45, 2.75) is 0 Å². The molecule has 0 amide bonds. The van der Waals surface area contributed by atoms with Crippen LogP contribution in [-0.2, 0) is 0 Å². The number of hydrogen-bond donors (Lipinski definition) is 2. The summed E-state index contributed by atoms with van der Waals surface area (Å²) in [5.74, 6) is -0.235. The third kappa shape index (κ3) is 2.84. The van der Waals surface area contributed by atoms with Crippen LogP contribution in [0.3, 0.4) is 0 Å². The highest BCUT2D eigenvalue weighted by Crippen LogP contribution is 2.27. The quantitative estimate of drug-likeness (QED) is 0.335. The monoisotopic (exact) mass is 342 g/mol. The summed E-state index contributed by atoms with van der Waals surface area (Å²) in [5, 5.41) is 10.9. The van der Waals surface area contributed by atoms with E-state index < -0.39 is 0 Å². The van der Waals surface area contributed by atoms with E-state index in [9.17, 15) is 9.90 Å². The van der Waals surface area contributed by atoms with Crippen molar-refractivity contribution >= 4 is 28.3 Å². The first-order chi connectivity index (χ1) is 12.7. The Labute approximate surface area is 148 Å². The molecule has 4 rings (SSSR count). The number of aromatic amines is 1. The lowest BCUT2D eigenvalue weighted by Gasteiger charge is -2.08. The lowest BCUT2D eigenvalue weighted by molar-refractivity contribution is 0.105. The third-order valence-corrected chi connectivity index (χ3v) is 3.95. The maximum Gasteiger partial charge on any atom is 0.200 e. The van der Waals surface area contributed by atoms with Gasteiger partial charge in [0.15, 0.2) is 5.65 Å². The van der Waals surface area contributed by atoms with Crippen molar-refractivity contribution in [2.75, 3.05) is 0 Å². The topological polar surface area (TPSA) is 91.8 Å². The Morgan fingerprint density at radius 3 is 2.23 bits per heavy atom. The molecule has 0 aliphatic heterocycles. The van der Waals surface area contributed by atoms with Crippen molar-refractivity contribution in [1.82, 2.24) is 19.9 Å². The molecule has 126 valence electrons. The minimum atomic E-state index is -0.334. The number of benzene rings is 2. The standard InChI is InChI=1S/C20H14N4O2/c25-17(13-7-3-1-4-8-13)16(18(26)14-9-5-2-6-10-14)20-23-15-11-21-12-22-19(15)24-20/h1-12,25H,(H,21,22,23,24)/b17-16-. The maximum atomic E-state index is 13.1. The van der Waals surface area contributed by atoms with Gasteiger partial charge in [0.25, 0.3) is 0 Å². The predicted octanol–water partition coefficient (Wildman–Crippen LogP) is 3.66. The number of carbonyl (C=O) groups is 1. The number of Topliss-reactive ketones (excluding diaryl/α,β-unsaturated/α-hetero) is 1. The van der Waals surface area contributed by atoms with Gasteiger partial charge in [0.05, 0.1) is 6.20 Å². The minimum Gasteiger partial charge on any atom is -0.506 e. The van der Waals surface area contributed by atoms with E-state index in [1.807, 2.05) is 12.1 Å². The van der Waals surface area contributed by atoms with Gasteiger partial charge in [-0.05, 0) is 0 Å². The fourth-order valence-electron chi connectivity index (χ4n) is 2.68. The minimum absolute atomic E-state index is 0.0837. The van der Waals surface area contributed by atoms with Gasteiger partial charge in [0, 0.05) is 11.1 Å². The number of ketones is 1. The van der Waals surface area contributed by atoms with Crippen LogP contribution in [0.5, 0.6) is 0 Å². The van der Waals surface area contributed by atoms with Crippen LogP contribution in [0.2, 0.25) is 0 Å². The number of aromatic nitrogens is 4. The van der Waals surface area contributed by atoms with Gasteiger partial charge in [-0.15, -0.1) is 0 Å². The van der Waals surface area contributed by atoms with Crippen molar-refractivity contribution in [3.05, 3.63) is 90.1 Å². The van der Waals surface area contributed by atoms with Crippen LogP contribution in [0.4, 0.5) is 0 Å². The molecular formula is C20H14N4O2. The molecule has 4 aromatic rings. The molecule has 0 unspecified atom stereocenters. The van der Waals surface area contributed by atoms with E-state index in [0.717, 1.165) is 0 Å². The van der Waals surface area contributed by atoms with Crippen molar-refractivity contribution in [3.8, 4) is 0 Å². The van der Waals surface area contributed by atoms with Crippen LogP contribution < -0.4 is 0 Å². The Hall–Kier alpha value is -3.80. The Kier molecular flexibility index (Phi) is 3.99. The second-order valence-electron chi connectivity index (χ2n) is 5.63. The smallest absolute Gasteiger partial charge is 0.200 e. The molecule has 0 aliphatic carbocycles. The summed E-state index contributed by atoms with van der Waals surface area (Å²) >= 11 is 0. The number of aliphatic hydroxyl groups is 1. The second kappa shape index (κ2) is 6.60. The molecule has 2 N–H and O–H groups in total. The molecular weight excluding hydrogens is 328 g/mol. The molecule has 0 spiro atoms. The summed E-state index contributed by atoms with van der Waals surface area (Å²) in [6.45, 7) is 0. The fourth-order valence-corrected chi connectivity index (χ4v) is 2.68. The first kappa shape index (κ1) is 15.7. The summed E-state index contributed by atoms with van der Waals surface area (Å²) in [5.41, 5.74) is 2.08. The van der Waals surface area contributed by atoms with Gasteiger partial charge in [0.2, 0.25) is 5.78 Å². The molecule has 0 aliphatic rings. The molecule has 2 aromatic carbocycles. The van der Waals surface area contributed by atoms with Crippen molar-refractivity contribution in [3.63, 3.8) is 0 Å². The summed E-state index contributed by atoms with van der Waals surface area (Å²) in [4.78, 5) is 28.5. The van der Waals surface area contributed by atoms with Crippen molar-refractivity contribution in [1.29, 1.82) is 0 Å². The highest BCUT2D eigenvalue weighted by Gasteiger charge is 2.23. The number of nitrogens with zero attached hydrogens (tertiary/aromatic N) is 3. The first-order valence-electron chi connectivity index (χ1n) is 7.98. The van der Waals surface area contributed by atoms with Crippen molar-refractivity contribution < 1.29 is 9.90 Å². The SMILES string of the molecule is O=C(/C(=C(/O)c1ccccc1)c1nc2ncncc2[nH]1)c1ccccc1. The van der Waals surface area contributed by atoms with E-state index in [2.05, 4.69) is 19.9 Å². The number of aliphatic hydroxyl groups excluding tert-OH is 1. The highest BCUT2D eigenvalue weighted by atomic mass is 16.3. The number of rotatable bonds is 4. The Morgan fingerprint density at radius 1 is 0.923 bits per heavy atom. The van der Waals surface area contributed by atoms with Crippen LogP contribution in [0.1, 0.15) is 21.7 Å². The van der Waals surface area contributed by atoms with Gasteiger partial charge in [-0.2, -0.15) is 0 Å². The van der Waals surface area contributed by atoms with E-state index in [4.69, 9.17) is 0 Å². The maximum absolute atomic E-state index is 13.1. The summed E-state index contributed by atoms with van der Waals surface area (Å²) in [6.07, 6.45) is 2.95. The van der Waals surface area contributed by atoms with E-state index >= 15 is 0 Å². The number of fused-ring (bicyclic) bond motifs is 1. The molecule has 0 saturated carbocycles.